The maximum absolute atomic E-state index is 12.0. The van der Waals surface area contributed by atoms with Crippen LogP contribution in [0.1, 0.15) is 27.3 Å². The van der Waals surface area contributed by atoms with E-state index in [-0.39, 0.29) is 19.1 Å². The lowest BCUT2D eigenvalue weighted by Crippen LogP contribution is -2.23. The van der Waals surface area contributed by atoms with Gasteiger partial charge >= 0.3 is 0 Å². The standard InChI is InChI=1S/C14H14N4O2/c1-10-4-5-12(7-11(10)3-2-6-19)14(20)15-8-13-16-9-17-18-13/h4-5,7,9,19H,6,8H2,1H3,(H,15,20)(H,16,17,18). The average Bonchev–Trinajstić information content (AvgIpc) is 2.97. The van der Waals surface area contributed by atoms with Crippen LogP contribution in [0.2, 0.25) is 0 Å². The maximum atomic E-state index is 12.0. The van der Waals surface area contributed by atoms with Gasteiger partial charge in [0.25, 0.3) is 5.91 Å². The Morgan fingerprint density at radius 3 is 3.05 bits per heavy atom. The third kappa shape index (κ3) is 3.43. The lowest BCUT2D eigenvalue weighted by atomic mass is 10.0. The Morgan fingerprint density at radius 1 is 1.50 bits per heavy atom. The zero-order valence-corrected chi connectivity index (χ0v) is 11.0. The zero-order valence-electron chi connectivity index (χ0n) is 11.0. The van der Waals surface area contributed by atoms with Gasteiger partial charge in [0.1, 0.15) is 18.8 Å². The van der Waals surface area contributed by atoms with E-state index in [9.17, 15) is 4.79 Å². The van der Waals surface area contributed by atoms with Gasteiger partial charge in [0.15, 0.2) is 0 Å². The summed E-state index contributed by atoms with van der Waals surface area (Å²) in [7, 11) is 0. The van der Waals surface area contributed by atoms with Crippen LogP contribution in [-0.4, -0.2) is 32.8 Å². The number of aromatic nitrogens is 3. The predicted octanol–water partition coefficient (Wildman–Crippen LogP) is 0.387. The zero-order chi connectivity index (χ0) is 14.4. The summed E-state index contributed by atoms with van der Waals surface area (Å²) in [5.41, 5.74) is 2.20. The van der Waals surface area contributed by atoms with Crippen molar-refractivity contribution in [3.05, 3.63) is 47.0 Å². The Kier molecular flexibility index (Phi) is 4.47. The second kappa shape index (κ2) is 6.50. The van der Waals surface area contributed by atoms with E-state index >= 15 is 0 Å². The summed E-state index contributed by atoms with van der Waals surface area (Å²) < 4.78 is 0. The molecule has 1 amide bonds. The molecule has 2 rings (SSSR count). The maximum Gasteiger partial charge on any atom is 0.251 e. The van der Waals surface area contributed by atoms with Crippen LogP contribution in [0.15, 0.2) is 24.5 Å². The number of H-pyrrole nitrogens is 1. The van der Waals surface area contributed by atoms with E-state index in [1.54, 1.807) is 12.1 Å². The van der Waals surface area contributed by atoms with Crippen molar-refractivity contribution in [3.63, 3.8) is 0 Å². The highest BCUT2D eigenvalue weighted by Gasteiger charge is 2.07. The first kappa shape index (κ1) is 13.8. The van der Waals surface area contributed by atoms with Crippen molar-refractivity contribution in [2.75, 3.05) is 6.61 Å². The van der Waals surface area contributed by atoms with Gasteiger partial charge in [0.2, 0.25) is 0 Å². The molecule has 0 aliphatic heterocycles. The number of hydrogen-bond donors (Lipinski definition) is 3. The van der Waals surface area contributed by atoms with Crippen molar-refractivity contribution in [2.45, 2.75) is 13.5 Å². The van der Waals surface area contributed by atoms with Gasteiger partial charge in [-0.2, -0.15) is 5.10 Å². The molecule has 6 nitrogen and oxygen atoms in total. The number of aromatic amines is 1. The molecule has 0 aliphatic carbocycles. The van der Waals surface area contributed by atoms with E-state index in [0.717, 1.165) is 11.1 Å². The van der Waals surface area contributed by atoms with Gasteiger partial charge < -0.3 is 10.4 Å². The van der Waals surface area contributed by atoms with Crippen molar-refractivity contribution in [1.82, 2.24) is 20.5 Å². The fourth-order valence-corrected chi connectivity index (χ4v) is 1.61. The van der Waals surface area contributed by atoms with Crippen LogP contribution < -0.4 is 5.32 Å². The molecule has 0 atom stereocenters. The SMILES string of the molecule is Cc1ccc(C(=O)NCc2ncn[nH]2)cc1C#CCO. The number of carbonyl (C=O) groups is 1. The molecular formula is C14H14N4O2. The van der Waals surface area contributed by atoms with Crippen molar-refractivity contribution < 1.29 is 9.90 Å². The first-order valence-electron chi connectivity index (χ1n) is 6.03. The molecule has 2 aromatic rings. The van der Waals surface area contributed by atoms with E-state index < -0.39 is 0 Å². The third-order valence-corrected chi connectivity index (χ3v) is 2.68. The van der Waals surface area contributed by atoms with Gasteiger partial charge in [0, 0.05) is 11.1 Å². The summed E-state index contributed by atoms with van der Waals surface area (Å²) in [6, 6.07) is 5.26. The number of nitrogens with one attached hydrogen (secondary N) is 2. The Labute approximate surface area is 116 Å². The molecule has 3 N–H and O–H groups in total. The van der Waals surface area contributed by atoms with Gasteiger partial charge in [0.05, 0.1) is 6.54 Å². The first-order valence-corrected chi connectivity index (χ1v) is 6.03. The van der Waals surface area contributed by atoms with Crippen molar-refractivity contribution in [1.29, 1.82) is 0 Å². The monoisotopic (exact) mass is 270 g/mol. The molecule has 6 heteroatoms. The second-order valence-electron chi connectivity index (χ2n) is 4.10. The molecule has 1 aromatic carbocycles. The van der Waals surface area contributed by atoms with Gasteiger partial charge in [-0.1, -0.05) is 17.9 Å². The quantitative estimate of drug-likeness (QED) is 0.703. The van der Waals surface area contributed by atoms with E-state index in [0.29, 0.717) is 11.4 Å². The minimum Gasteiger partial charge on any atom is -0.384 e. The lowest BCUT2D eigenvalue weighted by molar-refractivity contribution is 0.0950. The van der Waals surface area contributed by atoms with Gasteiger partial charge in [-0.15, -0.1) is 0 Å². The summed E-state index contributed by atoms with van der Waals surface area (Å²) in [4.78, 5) is 15.9. The molecule has 0 saturated heterocycles. The molecule has 102 valence electrons. The van der Waals surface area contributed by atoms with Crippen LogP contribution in [0.25, 0.3) is 0 Å². The molecule has 20 heavy (non-hydrogen) atoms. The van der Waals surface area contributed by atoms with Crippen LogP contribution in [0, 0.1) is 18.8 Å². The van der Waals surface area contributed by atoms with E-state index in [2.05, 4.69) is 32.3 Å². The fourth-order valence-electron chi connectivity index (χ4n) is 1.61. The van der Waals surface area contributed by atoms with Crippen LogP contribution in [-0.2, 0) is 6.54 Å². The van der Waals surface area contributed by atoms with Crippen LogP contribution >= 0.6 is 0 Å². The Bertz CT molecular complexity index is 654. The summed E-state index contributed by atoms with van der Waals surface area (Å²) in [6.45, 7) is 1.98. The first-order chi connectivity index (χ1) is 9.70. The second-order valence-corrected chi connectivity index (χ2v) is 4.10. The predicted molar refractivity (Wildman–Crippen MR) is 72.7 cm³/mol. The van der Waals surface area contributed by atoms with E-state index in [1.165, 1.54) is 6.33 Å². The van der Waals surface area contributed by atoms with Gasteiger partial charge in [-0.05, 0) is 24.6 Å². The molecule has 0 saturated carbocycles. The van der Waals surface area contributed by atoms with Crippen molar-refractivity contribution >= 4 is 5.91 Å². The Morgan fingerprint density at radius 2 is 2.35 bits per heavy atom. The minimum atomic E-state index is -0.214. The normalized spacial score (nSPS) is 9.70. The molecular weight excluding hydrogens is 256 g/mol. The van der Waals surface area contributed by atoms with Crippen LogP contribution in [0.5, 0.6) is 0 Å². The fraction of sp³-hybridized carbons (Fsp3) is 0.214. The summed E-state index contributed by atoms with van der Waals surface area (Å²) >= 11 is 0. The topological polar surface area (TPSA) is 90.9 Å². The summed E-state index contributed by atoms with van der Waals surface area (Å²) in [6.07, 6.45) is 1.38. The average molecular weight is 270 g/mol. The van der Waals surface area contributed by atoms with Crippen LogP contribution in [0.4, 0.5) is 0 Å². The smallest absolute Gasteiger partial charge is 0.251 e. The van der Waals surface area contributed by atoms with Gasteiger partial charge in [-0.3, -0.25) is 9.89 Å². The number of aryl methyl sites for hydroxylation is 1. The number of hydrogen-bond acceptors (Lipinski definition) is 4. The number of nitrogens with zero attached hydrogens (tertiary/aromatic N) is 2. The highest BCUT2D eigenvalue weighted by molar-refractivity contribution is 5.94. The van der Waals surface area contributed by atoms with Crippen molar-refractivity contribution in [3.8, 4) is 11.8 Å². The highest BCUT2D eigenvalue weighted by atomic mass is 16.2. The molecule has 1 heterocycles. The number of carbonyl (C=O) groups excluding carboxylic acids is 1. The summed E-state index contributed by atoms with van der Waals surface area (Å²) in [5.74, 6) is 5.77. The highest BCUT2D eigenvalue weighted by Crippen LogP contribution is 2.10. The molecule has 0 radical (unpaired) electrons. The summed E-state index contributed by atoms with van der Waals surface area (Å²) in [5, 5.41) is 17.8. The number of rotatable bonds is 3. The van der Waals surface area contributed by atoms with Crippen LogP contribution in [0.3, 0.4) is 0 Å². The van der Waals surface area contributed by atoms with E-state index in [4.69, 9.17) is 5.11 Å². The number of aliphatic hydroxyl groups excluding tert-OH is 1. The number of benzene rings is 1. The molecule has 0 aliphatic rings. The Hall–Kier alpha value is -2.65. The molecule has 1 aromatic heterocycles. The lowest BCUT2D eigenvalue weighted by Gasteiger charge is -2.05. The van der Waals surface area contributed by atoms with Gasteiger partial charge in [-0.25, -0.2) is 4.98 Å². The Balaban J connectivity index is 2.09. The third-order valence-electron chi connectivity index (χ3n) is 2.68. The number of aliphatic hydroxyl groups is 1. The largest absolute Gasteiger partial charge is 0.384 e. The molecule has 0 unspecified atom stereocenters. The van der Waals surface area contributed by atoms with Crippen molar-refractivity contribution in [2.24, 2.45) is 0 Å². The molecule has 0 fully saturated rings. The minimum absolute atomic E-state index is 0.207. The molecule has 0 spiro atoms. The van der Waals surface area contributed by atoms with E-state index in [1.807, 2.05) is 13.0 Å². The molecule has 0 bridgehead atoms. The number of amides is 1.